The molecule has 2 heterocycles. The van der Waals surface area contributed by atoms with Crippen molar-refractivity contribution in [2.75, 3.05) is 43.4 Å². The van der Waals surface area contributed by atoms with Crippen LogP contribution >= 0.6 is 11.3 Å². The van der Waals surface area contributed by atoms with Crippen LogP contribution in [0.5, 0.6) is 0 Å². The number of hydrogen-bond acceptors (Lipinski definition) is 6. The molecule has 0 aliphatic carbocycles. The van der Waals surface area contributed by atoms with Gasteiger partial charge in [-0.1, -0.05) is 6.08 Å². The highest BCUT2D eigenvalue weighted by molar-refractivity contribution is 7.19. The number of nitrogens with zero attached hydrogens (tertiary/aromatic N) is 2. The lowest BCUT2D eigenvalue weighted by molar-refractivity contribution is 0.0963. The molecule has 112 valence electrons. The Labute approximate surface area is 128 Å². The Hall–Kier alpha value is -2.04. The molecule has 1 aliphatic rings. The van der Waals surface area contributed by atoms with E-state index in [2.05, 4.69) is 28.2 Å². The number of nitrogens with one attached hydrogen (secondary N) is 2. The summed E-state index contributed by atoms with van der Waals surface area (Å²) in [6, 6.07) is 2.14. The van der Waals surface area contributed by atoms with Crippen LogP contribution in [0.25, 0.3) is 0 Å². The van der Waals surface area contributed by atoms with E-state index in [1.165, 1.54) is 11.3 Å². The zero-order valence-electron chi connectivity index (χ0n) is 11.8. The van der Waals surface area contributed by atoms with E-state index in [9.17, 15) is 10.1 Å². The van der Waals surface area contributed by atoms with Gasteiger partial charge in [-0.2, -0.15) is 5.26 Å². The number of rotatable bonds is 4. The first kappa shape index (κ1) is 15.4. The molecule has 0 radical (unpaired) electrons. The zero-order chi connectivity index (χ0) is 15.2. The highest BCUT2D eigenvalue weighted by atomic mass is 32.1. The fourth-order valence-corrected chi connectivity index (χ4v) is 3.36. The van der Waals surface area contributed by atoms with E-state index < -0.39 is 0 Å². The van der Waals surface area contributed by atoms with Gasteiger partial charge in [-0.3, -0.25) is 4.79 Å². The van der Waals surface area contributed by atoms with Crippen molar-refractivity contribution in [1.82, 2.24) is 10.6 Å². The van der Waals surface area contributed by atoms with E-state index in [1.807, 2.05) is 0 Å². The lowest BCUT2D eigenvalue weighted by Crippen LogP contribution is -2.27. The number of nitriles is 1. The van der Waals surface area contributed by atoms with Crippen LogP contribution in [-0.2, 0) is 0 Å². The van der Waals surface area contributed by atoms with Gasteiger partial charge in [0.2, 0.25) is 0 Å². The minimum Gasteiger partial charge on any atom is -0.396 e. The average Bonchev–Trinajstić information content (AvgIpc) is 2.68. The first-order valence-corrected chi connectivity index (χ1v) is 7.67. The van der Waals surface area contributed by atoms with Crippen LogP contribution in [-0.4, -0.2) is 38.6 Å². The molecular formula is C14H19N5OS. The fraction of sp³-hybridized carbons (Fsp3) is 0.429. The Bertz CT molecular complexity index is 567. The Balaban J connectivity index is 2.31. The van der Waals surface area contributed by atoms with Gasteiger partial charge < -0.3 is 21.3 Å². The van der Waals surface area contributed by atoms with Gasteiger partial charge in [0.25, 0.3) is 5.91 Å². The van der Waals surface area contributed by atoms with Gasteiger partial charge in [0.05, 0.1) is 5.69 Å². The number of nitrogen functional groups attached to an aromatic ring is 1. The maximum atomic E-state index is 12.1. The predicted octanol–water partition coefficient (Wildman–Crippen LogP) is 0.917. The monoisotopic (exact) mass is 305 g/mol. The van der Waals surface area contributed by atoms with Crippen molar-refractivity contribution in [2.24, 2.45) is 0 Å². The van der Waals surface area contributed by atoms with Gasteiger partial charge >= 0.3 is 0 Å². The number of carbonyl (C=O) groups excluding carboxylic acids is 1. The molecule has 7 heteroatoms. The molecule has 1 amide bonds. The molecule has 4 N–H and O–H groups in total. The van der Waals surface area contributed by atoms with Gasteiger partial charge in [0.1, 0.15) is 21.5 Å². The number of anilines is 2. The van der Waals surface area contributed by atoms with Crippen LogP contribution in [0.1, 0.15) is 21.7 Å². The third-order valence-corrected chi connectivity index (χ3v) is 4.54. The molecular weight excluding hydrogens is 286 g/mol. The molecule has 1 saturated heterocycles. The largest absolute Gasteiger partial charge is 0.396 e. The van der Waals surface area contributed by atoms with E-state index in [4.69, 9.17) is 5.73 Å². The van der Waals surface area contributed by atoms with Gasteiger partial charge in [0.15, 0.2) is 0 Å². The van der Waals surface area contributed by atoms with E-state index >= 15 is 0 Å². The lowest BCUT2D eigenvalue weighted by Gasteiger charge is -2.20. The van der Waals surface area contributed by atoms with Crippen molar-refractivity contribution < 1.29 is 4.79 Å². The topological polar surface area (TPSA) is 94.2 Å². The maximum absolute atomic E-state index is 12.1. The van der Waals surface area contributed by atoms with Crippen molar-refractivity contribution in [3.63, 3.8) is 0 Å². The summed E-state index contributed by atoms with van der Waals surface area (Å²) in [6.07, 6.45) is 2.61. The summed E-state index contributed by atoms with van der Waals surface area (Å²) in [5, 5.41) is 16.2. The standard InChI is InChI=1S/C14H19N5OS/c1-2-4-18-13(20)12-11(16)10(9-15)14(21-12)19-7-3-5-17-6-8-19/h2,17H,1,3-8,16H2,(H,18,20). The molecule has 2 rings (SSSR count). The number of nitrogens with two attached hydrogens (primary N) is 1. The van der Waals surface area contributed by atoms with Crippen molar-refractivity contribution in [2.45, 2.75) is 6.42 Å². The second-order valence-corrected chi connectivity index (χ2v) is 5.73. The molecule has 0 spiro atoms. The average molecular weight is 305 g/mol. The quantitative estimate of drug-likeness (QED) is 0.719. The van der Waals surface area contributed by atoms with E-state index in [0.717, 1.165) is 37.6 Å². The molecule has 0 unspecified atom stereocenters. The van der Waals surface area contributed by atoms with Crippen LogP contribution in [0.4, 0.5) is 10.7 Å². The summed E-state index contributed by atoms with van der Waals surface area (Å²) in [7, 11) is 0. The minimum atomic E-state index is -0.256. The summed E-state index contributed by atoms with van der Waals surface area (Å²) in [4.78, 5) is 14.6. The SMILES string of the molecule is C=CCNC(=O)c1sc(N2CCCNCC2)c(C#N)c1N. The predicted molar refractivity (Wildman–Crippen MR) is 85.7 cm³/mol. The Morgan fingerprint density at radius 3 is 3.10 bits per heavy atom. The molecule has 1 aliphatic heterocycles. The fourth-order valence-electron chi connectivity index (χ4n) is 2.22. The van der Waals surface area contributed by atoms with E-state index in [-0.39, 0.29) is 11.6 Å². The van der Waals surface area contributed by atoms with Gasteiger partial charge in [-0.25, -0.2) is 0 Å². The van der Waals surface area contributed by atoms with Gasteiger partial charge in [-0.05, 0) is 13.0 Å². The normalized spacial score (nSPS) is 15.1. The number of thiophene rings is 1. The van der Waals surface area contributed by atoms with Gasteiger partial charge in [0, 0.05) is 26.2 Å². The third-order valence-electron chi connectivity index (χ3n) is 3.28. The molecule has 0 saturated carbocycles. The number of amides is 1. The Morgan fingerprint density at radius 2 is 2.38 bits per heavy atom. The first-order valence-electron chi connectivity index (χ1n) is 6.86. The van der Waals surface area contributed by atoms with Crippen molar-refractivity contribution in [1.29, 1.82) is 5.26 Å². The van der Waals surface area contributed by atoms with E-state index in [1.54, 1.807) is 6.08 Å². The minimum absolute atomic E-state index is 0.256. The van der Waals surface area contributed by atoms with Gasteiger partial charge in [-0.15, -0.1) is 17.9 Å². The van der Waals surface area contributed by atoms with Crippen LogP contribution in [0.2, 0.25) is 0 Å². The second kappa shape index (κ2) is 7.11. The van der Waals surface area contributed by atoms with Crippen LogP contribution in [0, 0.1) is 11.3 Å². The summed E-state index contributed by atoms with van der Waals surface area (Å²) >= 11 is 1.29. The molecule has 1 aromatic heterocycles. The Morgan fingerprint density at radius 1 is 1.57 bits per heavy atom. The molecule has 0 bridgehead atoms. The van der Waals surface area contributed by atoms with Crippen LogP contribution < -0.4 is 21.3 Å². The number of hydrogen-bond donors (Lipinski definition) is 3. The molecule has 1 aromatic rings. The molecule has 0 atom stereocenters. The number of carbonyl (C=O) groups is 1. The molecule has 0 aromatic carbocycles. The van der Waals surface area contributed by atoms with Crippen LogP contribution in [0.15, 0.2) is 12.7 Å². The summed E-state index contributed by atoms with van der Waals surface area (Å²) in [6.45, 7) is 7.43. The Kier molecular flexibility index (Phi) is 5.20. The maximum Gasteiger partial charge on any atom is 0.263 e. The summed E-state index contributed by atoms with van der Waals surface area (Å²) < 4.78 is 0. The van der Waals surface area contributed by atoms with Crippen molar-refractivity contribution in [3.8, 4) is 6.07 Å². The highest BCUT2D eigenvalue weighted by Crippen LogP contribution is 2.37. The molecule has 21 heavy (non-hydrogen) atoms. The second-order valence-electron chi connectivity index (χ2n) is 4.73. The van der Waals surface area contributed by atoms with E-state index in [0.29, 0.717) is 17.0 Å². The summed E-state index contributed by atoms with van der Waals surface area (Å²) in [5.74, 6) is -0.256. The highest BCUT2D eigenvalue weighted by Gasteiger charge is 2.24. The van der Waals surface area contributed by atoms with Crippen LogP contribution in [0.3, 0.4) is 0 Å². The molecule has 1 fully saturated rings. The van der Waals surface area contributed by atoms with Crippen molar-refractivity contribution in [3.05, 3.63) is 23.1 Å². The third kappa shape index (κ3) is 3.35. The molecule has 6 nitrogen and oxygen atoms in total. The van der Waals surface area contributed by atoms with Crippen molar-refractivity contribution >= 4 is 27.9 Å². The lowest BCUT2D eigenvalue weighted by atomic mass is 10.2. The smallest absolute Gasteiger partial charge is 0.263 e. The zero-order valence-corrected chi connectivity index (χ0v) is 12.6. The first-order chi connectivity index (χ1) is 10.2. The summed E-state index contributed by atoms with van der Waals surface area (Å²) in [5.41, 5.74) is 6.67.